The predicted molar refractivity (Wildman–Crippen MR) is 55.3 cm³/mol. The van der Waals surface area contributed by atoms with E-state index < -0.39 is 0 Å². The van der Waals surface area contributed by atoms with Crippen molar-refractivity contribution in [3.05, 3.63) is 22.7 Å². The fourth-order valence-electron chi connectivity index (χ4n) is 1.31. The number of methoxy groups -OCH3 is 2. The van der Waals surface area contributed by atoms with Crippen molar-refractivity contribution >= 4 is 11.6 Å². The first-order chi connectivity index (χ1) is 6.72. The lowest BCUT2D eigenvalue weighted by molar-refractivity contribution is 0.294. The van der Waals surface area contributed by atoms with Gasteiger partial charge in [0.1, 0.15) is 0 Å². The molecule has 1 aromatic rings. The predicted octanol–water partition coefficient (Wildman–Crippen LogP) is 1.89. The number of ether oxygens (including phenoxy) is 2. The molecule has 0 aliphatic rings. The second-order valence-corrected chi connectivity index (χ2v) is 3.21. The molecule has 0 aliphatic heterocycles. The molecule has 0 fully saturated rings. The van der Waals surface area contributed by atoms with Crippen LogP contribution in [-0.2, 0) is 6.42 Å². The van der Waals surface area contributed by atoms with Crippen LogP contribution in [0, 0.1) is 0 Å². The molecule has 0 bridgehead atoms. The van der Waals surface area contributed by atoms with Crippen molar-refractivity contribution in [2.24, 2.45) is 0 Å². The smallest absolute Gasteiger partial charge is 0.164 e. The minimum absolute atomic E-state index is 0.0554. The highest BCUT2D eigenvalue weighted by Crippen LogP contribution is 2.34. The quantitative estimate of drug-likeness (QED) is 0.836. The second kappa shape index (κ2) is 5.08. The molecule has 1 N–H and O–H groups in total. The van der Waals surface area contributed by atoms with Gasteiger partial charge in [-0.2, -0.15) is 0 Å². The van der Waals surface area contributed by atoms with Crippen LogP contribution in [0.2, 0.25) is 5.02 Å². The van der Waals surface area contributed by atoms with Crippen LogP contribution in [0.3, 0.4) is 0 Å². The highest BCUT2D eigenvalue weighted by molar-refractivity contribution is 6.30. The summed E-state index contributed by atoms with van der Waals surface area (Å²) in [7, 11) is 3.11. The van der Waals surface area contributed by atoms with Crippen molar-refractivity contribution in [2.45, 2.75) is 6.42 Å². The number of halogens is 1. The number of rotatable bonds is 4. The van der Waals surface area contributed by atoms with E-state index >= 15 is 0 Å². The number of aliphatic hydroxyl groups is 1. The van der Waals surface area contributed by atoms with Crippen molar-refractivity contribution in [1.29, 1.82) is 0 Å². The van der Waals surface area contributed by atoms with E-state index in [1.54, 1.807) is 26.4 Å². The average molecular weight is 217 g/mol. The van der Waals surface area contributed by atoms with Gasteiger partial charge in [0, 0.05) is 23.3 Å². The summed E-state index contributed by atoms with van der Waals surface area (Å²) in [5.74, 6) is 1.22. The minimum atomic E-state index is 0.0554. The van der Waals surface area contributed by atoms with Crippen LogP contribution in [0.25, 0.3) is 0 Å². The van der Waals surface area contributed by atoms with Crippen LogP contribution in [0.5, 0.6) is 11.5 Å². The molecule has 0 atom stereocenters. The summed E-state index contributed by atoms with van der Waals surface area (Å²) in [5, 5.41) is 9.43. The summed E-state index contributed by atoms with van der Waals surface area (Å²) in [4.78, 5) is 0. The Morgan fingerprint density at radius 2 is 2.00 bits per heavy atom. The first-order valence-corrected chi connectivity index (χ1v) is 4.62. The normalized spacial score (nSPS) is 10.0. The molecular formula is C10H13ClO3. The van der Waals surface area contributed by atoms with E-state index in [1.165, 1.54) is 0 Å². The van der Waals surface area contributed by atoms with Crippen LogP contribution < -0.4 is 9.47 Å². The highest BCUT2D eigenvalue weighted by Gasteiger charge is 2.10. The summed E-state index contributed by atoms with van der Waals surface area (Å²) >= 11 is 5.88. The van der Waals surface area contributed by atoms with Crippen molar-refractivity contribution in [3.8, 4) is 11.5 Å². The van der Waals surface area contributed by atoms with Gasteiger partial charge in [0.05, 0.1) is 14.2 Å². The molecule has 0 radical (unpaired) electrons. The third-order valence-corrected chi connectivity index (χ3v) is 2.12. The second-order valence-electron chi connectivity index (χ2n) is 2.77. The van der Waals surface area contributed by atoms with E-state index in [4.69, 9.17) is 26.2 Å². The SMILES string of the molecule is COc1cc(Cl)cc(CCO)c1OC. The summed E-state index contributed by atoms with van der Waals surface area (Å²) in [5.41, 5.74) is 0.847. The van der Waals surface area contributed by atoms with Crippen molar-refractivity contribution in [2.75, 3.05) is 20.8 Å². The summed E-state index contributed by atoms with van der Waals surface area (Å²) < 4.78 is 10.3. The third kappa shape index (κ3) is 2.30. The van der Waals surface area contributed by atoms with Crippen LogP contribution >= 0.6 is 11.6 Å². The first kappa shape index (κ1) is 11.1. The number of hydrogen-bond donors (Lipinski definition) is 1. The lowest BCUT2D eigenvalue weighted by atomic mass is 10.1. The Kier molecular flexibility index (Phi) is 4.04. The molecule has 4 heteroatoms. The summed E-state index contributed by atoms with van der Waals surface area (Å²) in [6, 6.07) is 3.44. The van der Waals surface area contributed by atoms with Gasteiger partial charge in [0.15, 0.2) is 11.5 Å². The van der Waals surface area contributed by atoms with Crippen LogP contribution in [0.4, 0.5) is 0 Å². The highest BCUT2D eigenvalue weighted by atomic mass is 35.5. The fraction of sp³-hybridized carbons (Fsp3) is 0.400. The van der Waals surface area contributed by atoms with Crippen molar-refractivity contribution in [1.82, 2.24) is 0 Å². The molecule has 0 amide bonds. The first-order valence-electron chi connectivity index (χ1n) is 4.24. The maximum atomic E-state index is 8.85. The standard InChI is InChI=1S/C10H13ClO3/c1-13-9-6-8(11)5-7(3-4-12)10(9)14-2/h5-6,12H,3-4H2,1-2H3. The van der Waals surface area contributed by atoms with Crippen LogP contribution in [-0.4, -0.2) is 25.9 Å². The Balaban J connectivity index is 3.17. The Hall–Kier alpha value is -0.930. The van der Waals surface area contributed by atoms with Gasteiger partial charge in [0.2, 0.25) is 0 Å². The van der Waals surface area contributed by atoms with Gasteiger partial charge in [-0.3, -0.25) is 0 Å². The average Bonchev–Trinajstić information content (AvgIpc) is 2.17. The van der Waals surface area contributed by atoms with Crippen molar-refractivity contribution < 1.29 is 14.6 Å². The maximum Gasteiger partial charge on any atom is 0.164 e. The molecule has 0 saturated carbocycles. The van der Waals surface area contributed by atoms with Crippen LogP contribution in [0.1, 0.15) is 5.56 Å². The Morgan fingerprint density at radius 3 is 2.50 bits per heavy atom. The topological polar surface area (TPSA) is 38.7 Å². The van der Waals surface area contributed by atoms with Crippen LogP contribution in [0.15, 0.2) is 12.1 Å². The zero-order valence-electron chi connectivity index (χ0n) is 8.21. The molecule has 0 saturated heterocycles. The molecular weight excluding hydrogens is 204 g/mol. The molecule has 0 aromatic heterocycles. The van der Waals surface area contributed by atoms with E-state index in [1.807, 2.05) is 0 Å². The third-order valence-electron chi connectivity index (χ3n) is 1.90. The van der Waals surface area contributed by atoms with Gasteiger partial charge >= 0.3 is 0 Å². The molecule has 0 spiro atoms. The van der Waals surface area contributed by atoms with Gasteiger partial charge < -0.3 is 14.6 Å². The molecule has 1 aromatic carbocycles. The lowest BCUT2D eigenvalue weighted by Crippen LogP contribution is -1.98. The van der Waals surface area contributed by atoms with E-state index in [-0.39, 0.29) is 6.61 Å². The largest absolute Gasteiger partial charge is 0.493 e. The Bertz CT molecular complexity index is 312. The molecule has 0 heterocycles. The van der Waals surface area contributed by atoms with Gasteiger partial charge in [-0.05, 0) is 12.5 Å². The molecule has 0 aliphatic carbocycles. The zero-order chi connectivity index (χ0) is 10.6. The molecule has 78 valence electrons. The molecule has 1 rings (SSSR count). The van der Waals surface area contributed by atoms with Crippen molar-refractivity contribution in [3.63, 3.8) is 0 Å². The summed E-state index contributed by atoms with van der Waals surface area (Å²) in [6.07, 6.45) is 0.500. The number of benzene rings is 1. The van der Waals surface area contributed by atoms with E-state index in [0.29, 0.717) is 22.9 Å². The minimum Gasteiger partial charge on any atom is -0.493 e. The number of aliphatic hydroxyl groups excluding tert-OH is 1. The lowest BCUT2D eigenvalue weighted by Gasteiger charge is -2.12. The van der Waals surface area contributed by atoms with Gasteiger partial charge in [-0.25, -0.2) is 0 Å². The van der Waals surface area contributed by atoms with Gasteiger partial charge in [-0.15, -0.1) is 0 Å². The van der Waals surface area contributed by atoms with E-state index in [9.17, 15) is 0 Å². The van der Waals surface area contributed by atoms with E-state index in [2.05, 4.69) is 0 Å². The Morgan fingerprint density at radius 1 is 1.29 bits per heavy atom. The van der Waals surface area contributed by atoms with E-state index in [0.717, 1.165) is 5.56 Å². The maximum absolute atomic E-state index is 8.85. The Labute approximate surface area is 88.2 Å². The molecule has 14 heavy (non-hydrogen) atoms. The number of hydrogen-bond acceptors (Lipinski definition) is 3. The summed E-state index contributed by atoms with van der Waals surface area (Å²) in [6.45, 7) is 0.0554. The van der Waals surface area contributed by atoms with Gasteiger partial charge in [0.25, 0.3) is 0 Å². The molecule has 3 nitrogen and oxygen atoms in total. The van der Waals surface area contributed by atoms with Gasteiger partial charge in [-0.1, -0.05) is 11.6 Å². The fourth-order valence-corrected chi connectivity index (χ4v) is 1.54. The zero-order valence-corrected chi connectivity index (χ0v) is 8.97. The monoisotopic (exact) mass is 216 g/mol. The molecule has 0 unspecified atom stereocenters.